The van der Waals surface area contributed by atoms with Crippen LogP contribution in [0.4, 0.5) is 11.4 Å². The average molecular weight is 306 g/mol. The molecule has 0 spiro atoms. The zero-order chi connectivity index (χ0) is 15.8. The zero-order valence-electron chi connectivity index (χ0n) is 12.2. The highest BCUT2D eigenvalue weighted by atomic mass is 16.5. The van der Waals surface area contributed by atoms with E-state index in [9.17, 15) is 9.59 Å². The summed E-state index contributed by atoms with van der Waals surface area (Å²) in [4.78, 5) is 24.6. The van der Waals surface area contributed by atoms with Crippen molar-refractivity contribution >= 4 is 28.8 Å². The average Bonchev–Trinajstić information content (AvgIpc) is 2.97. The van der Waals surface area contributed by atoms with Gasteiger partial charge < -0.3 is 15.4 Å². The van der Waals surface area contributed by atoms with Crippen LogP contribution in [0, 0.1) is 0 Å². The van der Waals surface area contributed by atoms with Crippen molar-refractivity contribution in [3.63, 3.8) is 0 Å². The zero-order valence-corrected chi connectivity index (χ0v) is 12.2. The van der Waals surface area contributed by atoms with Crippen LogP contribution in [-0.4, -0.2) is 23.8 Å². The maximum absolute atomic E-state index is 12.3. The van der Waals surface area contributed by atoms with E-state index in [4.69, 9.17) is 4.74 Å². The van der Waals surface area contributed by atoms with Crippen molar-refractivity contribution in [2.45, 2.75) is 12.1 Å². The van der Waals surface area contributed by atoms with Crippen molar-refractivity contribution in [1.82, 2.24) is 0 Å². The van der Waals surface area contributed by atoms with Crippen LogP contribution in [0.1, 0.15) is 5.56 Å². The highest BCUT2D eigenvalue weighted by molar-refractivity contribution is 6.10. The number of carbonyl (C=O) groups is 2. The second-order valence-electron chi connectivity index (χ2n) is 5.47. The topological polar surface area (TPSA) is 67.4 Å². The van der Waals surface area contributed by atoms with E-state index >= 15 is 0 Å². The first kappa shape index (κ1) is 13.6. The molecule has 0 radical (unpaired) electrons. The van der Waals surface area contributed by atoms with Gasteiger partial charge in [0.1, 0.15) is 5.76 Å². The lowest BCUT2D eigenvalue weighted by Crippen LogP contribution is -2.49. The molecule has 2 aliphatic heterocycles. The van der Waals surface area contributed by atoms with Gasteiger partial charge in [0.05, 0.1) is 11.4 Å². The Labute approximate surface area is 133 Å². The van der Waals surface area contributed by atoms with E-state index in [1.165, 1.54) is 6.08 Å². The first-order valence-corrected chi connectivity index (χ1v) is 7.36. The molecule has 0 saturated carbocycles. The molecule has 2 heterocycles. The standard InChI is InChI=1S/C18H14N2O3/c21-14-10-15(11-6-2-1-3-7-11)23-17(14)16-18(22)20-13-9-5-4-8-12(13)19-16/h1-10,16-17,19H,(H,20,22)/t16-,17+/m0/s1. The summed E-state index contributed by atoms with van der Waals surface area (Å²) in [7, 11) is 0. The second-order valence-corrected chi connectivity index (χ2v) is 5.47. The van der Waals surface area contributed by atoms with Gasteiger partial charge in [-0.15, -0.1) is 0 Å². The van der Waals surface area contributed by atoms with Crippen LogP contribution in [0.3, 0.4) is 0 Å². The van der Waals surface area contributed by atoms with E-state index < -0.39 is 12.1 Å². The molecule has 2 aromatic carbocycles. The number of anilines is 2. The van der Waals surface area contributed by atoms with Gasteiger partial charge in [0, 0.05) is 11.6 Å². The molecule has 2 N–H and O–H groups in total. The summed E-state index contributed by atoms with van der Waals surface area (Å²) in [5.41, 5.74) is 2.30. The highest BCUT2D eigenvalue weighted by Gasteiger charge is 2.41. The SMILES string of the molecule is O=C1Nc2ccccc2N[C@H]1[C@@H]1OC(c2ccccc2)=CC1=O. The van der Waals surface area contributed by atoms with Gasteiger partial charge in [-0.05, 0) is 12.1 Å². The molecule has 0 fully saturated rings. The van der Waals surface area contributed by atoms with Crippen molar-refractivity contribution < 1.29 is 14.3 Å². The molecule has 23 heavy (non-hydrogen) atoms. The minimum Gasteiger partial charge on any atom is -0.479 e. The van der Waals surface area contributed by atoms with Gasteiger partial charge in [0.15, 0.2) is 12.1 Å². The van der Waals surface area contributed by atoms with Crippen molar-refractivity contribution in [3.8, 4) is 0 Å². The second kappa shape index (κ2) is 5.28. The number of benzene rings is 2. The van der Waals surface area contributed by atoms with Crippen LogP contribution in [0.2, 0.25) is 0 Å². The van der Waals surface area contributed by atoms with Crippen molar-refractivity contribution in [2.75, 3.05) is 10.6 Å². The Morgan fingerprint density at radius 3 is 2.35 bits per heavy atom. The maximum atomic E-state index is 12.3. The van der Waals surface area contributed by atoms with Crippen LogP contribution in [0.25, 0.3) is 5.76 Å². The molecule has 2 atom stereocenters. The number of nitrogens with one attached hydrogen (secondary N) is 2. The third kappa shape index (κ3) is 2.36. The molecular formula is C18H14N2O3. The molecule has 2 aromatic rings. The van der Waals surface area contributed by atoms with Crippen LogP contribution in [0.5, 0.6) is 0 Å². The largest absolute Gasteiger partial charge is 0.479 e. The summed E-state index contributed by atoms with van der Waals surface area (Å²) in [5, 5.41) is 5.91. The summed E-state index contributed by atoms with van der Waals surface area (Å²) >= 11 is 0. The predicted molar refractivity (Wildman–Crippen MR) is 86.8 cm³/mol. The lowest BCUT2D eigenvalue weighted by molar-refractivity contribution is -0.127. The number of ether oxygens (including phenoxy) is 1. The Kier molecular flexibility index (Phi) is 3.12. The molecule has 5 nitrogen and oxygen atoms in total. The quantitative estimate of drug-likeness (QED) is 0.894. The van der Waals surface area contributed by atoms with Gasteiger partial charge in [0.2, 0.25) is 5.78 Å². The Morgan fingerprint density at radius 1 is 0.870 bits per heavy atom. The van der Waals surface area contributed by atoms with Gasteiger partial charge in [-0.25, -0.2) is 0 Å². The summed E-state index contributed by atoms with van der Waals surface area (Å²) in [6.45, 7) is 0. The Bertz CT molecular complexity index is 814. The highest BCUT2D eigenvalue weighted by Crippen LogP contribution is 2.31. The van der Waals surface area contributed by atoms with Crippen LogP contribution < -0.4 is 10.6 Å². The first-order chi connectivity index (χ1) is 11.2. The van der Waals surface area contributed by atoms with E-state index in [-0.39, 0.29) is 11.7 Å². The molecular weight excluding hydrogens is 292 g/mol. The molecule has 0 aliphatic carbocycles. The van der Waals surface area contributed by atoms with Crippen LogP contribution in [0.15, 0.2) is 60.7 Å². The number of para-hydroxylation sites is 2. The number of carbonyl (C=O) groups excluding carboxylic acids is 2. The van der Waals surface area contributed by atoms with Gasteiger partial charge in [-0.2, -0.15) is 0 Å². The van der Waals surface area contributed by atoms with Crippen LogP contribution in [-0.2, 0) is 14.3 Å². The van der Waals surface area contributed by atoms with E-state index in [1.54, 1.807) is 6.07 Å². The molecule has 1 amide bonds. The van der Waals surface area contributed by atoms with E-state index in [1.807, 2.05) is 48.5 Å². The molecule has 0 aromatic heterocycles. The predicted octanol–water partition coefficient (Wildman–Crippen LogP) is 2.43. The Morgan fingerprint density at radius 2 is 1.57 bits per heavy atom. The minimum atomic E-state index is -0.862. The number of ketones is 1. The number of hydrogen-bond acceptors (Lipinski definition) is 4. The smallest absolute Gasteiger partial charge is 0.251 e. The van der Waals surface area contributed by atoms with Gasteiger partial charge in [-0.3, -0.25) is 9.59 Å². The fourth-order valence-corrected chi connectivity index (χ4v) is 2.80. The molecule has 0 saturated heterocycles. The number of amides is 1. The van der Waals surface area contributed by atoms with E-state index in [0.717, 1.165) is 11.3 Å². The van der Waals surface area contributed by atoms with E-state index in [0.29, 0.717) is 11.4 Å². The van der Waals surface area contributed by atoms with Gasteiger partial charge in [0.25, 0.3) is 5.91 Å². The van der Waals surface area contributed by atoms with E-state index in [2.05, 4.69) is 10.6 Å². The molecule has 4 rings (SSSR count). The van der Waals surface area contributed by atoms with Crippen molar-refractivity contribution in [2.24, 2.45) is 0 Å². The maximum Gasteiger partial charge on any atom is 0.251 e. The fraction of sp³-hybridized carbons (Fsp3) is 0.111. The van der Waals surface area contributed by atoms with Crippen molar-refractivity contribution in [1.29, 1.82) is 0 Å². The lowest BCUT2D eigenvalue weighted by atomic mass is 10.0. The summed E-state index contributed by atoms with van der Waals surface area (Å²) in [6, 6.07) is 16.0. The molecule has 114 valence electrons. The number of fused-ring (bicyclic) bond motifs is 1. The molecule has 0 bridgehead atoms. The summed E-state index contributed by atoms with van der Waals surface area (Å²) in [6.07, 6.45) is 0.591. The van der Waals surface area contributed by atoms with Gasteiger partial charge >= 0.3 is 0 Å². The molecule has 5 heteroatoms. The van der Waals surface area contributed by atoms with Gasteiger partial charge in [-0.1, -0.05) is 42.5 Å². The Hall–Kier alpha value is -3.08. The fourth-order valence-electron chi connectivity index (χ4n) is 2.80. The third-order valence-electron chi connectivity index (χ3n) is 3.95. The van der Waals surface area contributed by atoms with Crippen molar-refractivity contribution in [3.05, 3.63) is 66.2 Å². The summed E-state index contributed by atoms with van der Waals surface area (Å²) in [5.74, 6) is 0.00899. The minimum absolute atomic E-state index is 0.212. The number of hydrogen-bond donors (Lipinski definition) is 2. The lowest BCUT2D eigenvalue weighted by Gasteiger charge is -2.29. The normalized spacial score (nSPS) is 22.5. The number of rotatable bonds is 2. The first-order valence-electron chi connectivity index (χ1n) is 7.36. The third-order valence-corrected chi connectivity index (χ3v) is 3.95. The Balaban J connectivity index is 1.58. The molecule has 2 aliphatic rings. The van der Waals surface area contributed by atoms with Crippen LogP contribution >= 0.6 is 0 Å². The monoisotopic (exact) mass is 306 g/mol. The summed E-state index contributed by atoms with van der Waals surface area (Å²) < 4.78 is 5.77. The molecule has 0 unspecified atom stereocenters.